The van der Waals surface area contributed by atoms with Gasteiger partial charge in [-0.05, 0) is 28.1 Å². The van der Waals surface area contributed by atoms with Gasteiger partial charge in [0.1, 0.15) is 0 Å². The first-order valence-corrected chi connectivity index (χ1v) is 5.94. The number of nitrogens with one attached hydrogen (secondary N) is 1. The molecular formula is C10H12Br2N2O. The summed E-state index contributed by atoms with van der Waals surface area (Å²) in [6, 6.07) is 3.71. The molecule has 0 saturated carbocycles. The zero-order valence-corrected chi connectivity index (χ0v) is 11.9. The summed E-state index contributed by atoms with van der Waals surface area (Å²) in [5.74, 6) is -0.0265. The first kappa shape index (κ1) is 12.5. The van der Waals surface area contributed by atoms with Crippen LogP contribution in [0.5, 0.6) is 0 Å². The average Bonchev–Trinajstić information content (AvgIpc) is 2.15. The highest BCUT2D eigenvalue weighted by Gasteiger charge is 2.15. The maximum Gasteiger partial charge on any atom is 0.255 e. The van der Waals surface area contributed by atoms with E-state index in [0.29, 0.717) is 5.56 Å². The summed E-state index contributed by atoms with van der Waals surface area (Å²) in [4.78, 5) is 13.4. The van der Waals surface area contributed by atoms with Gasteiger partial charge in [0.2, 0.25) is 0 Å². The van der Waals surface area contributed by atoms with E-state index in [9.17, 15) is 4.79 Å². The highest BCUT2D eigenvalue weighted by molar-refractivity contribution is 9.11. The normalized spacial score (nSPS) is 9.93. The van der Waals surface area contributed by atoms with Crippen LogP contribution in [0.4, 0.5) is 5.69 Å². The number of benzene rings is 1. The van der Waals surface area contributed by atoms with Gasteiger partial charge < -0.3 is 10.2 Å². The second kappa shape index (κ2) is 4.99. The molecule has 0 aliphatic rings. The van der Waals surface area contributed by atoms with Crippen LogP contribution in [-0.4, -0.2) is 32.0 Å². The van der Waals surface area contributed by atoms with Gasteiger partial charge in [0.15, 0.2) is 0 Å². The Morgan fingerprint density at radius 3 is 2.40 bits per heavy atom. The molecular weight excluding hydrogens is 324 g/mol. The predicted octanol–water partition coefficient (Wildman–Crippen LogP) is 2.96. The zero-order chi connectivity index (χ0) is 11.6. The number of amides is 1. The van der Waals surface area contributed by atoms with Crippen molar-refractivity contribution in [3.63, 3.8) is 0 Å². The van der Waals surface area contributed by atoms with E-state index in [1.807, 2.05) is 6.07 Å². The highest BCUT2D eigenvalue weighted by Crippen LogP contribution is 2.30. The molecule has 0 heterocycles. The van der Waals surface area contributed by atoms with E-state index in [2.05, 4.69) is 37.2 Å². The minimum Gasteiger partial charge on any atom is -0.387 e. The van der Waals surface area contributed by atoms with Gasteiger partial charge in [0.25, 0.3) is 5.91 Å². The Hall–Kier alpha value is -0.550. The molecule has 1 amide bonds. The lowest BCUT2D eigenvalue weighted by molar-refractivity contribution is 0.0828. The molecule has 0 radical (unpaired) electrons. The fraction of sp³-hybridized carbons (Fsp3) is 0.300. The second-order valence-corrected chi connectivity index (χ2v) is 5.03. The molecule has 0 aromatic heterocycles. The lowest BCUT2D eigenvalue weighted by Gasteiger charge is -2.15. The fourth-order valence-corrected chi connectivity index (χ4v) is 2.66. The molecule has 82 valence electrons. The van der Waals surface area contributed by atoms with Gasteiger partial charge in [0, 0.05) is 30.1 Å². The molecule has 0 spiro atoms. The quantitative estimate of drug-likeness (QED) is 0.901. The van der Waals surface area contributed by atoms with Crippen LogP contribution >= 0.6 is 31.9 Å². The molecule has 0 atom stereocenters. The summed E-state index contributed by atoms with van der Waals surface area (Å²) in [5.41, 5.74) is 1.45. The molecule has 0 aliphatic carbocycles. The Morgan fingerprint density at radius 1 is 1.33 bits per heavy atom. The van der Waals surface area contributed by atoms with E-state index in [1.54, 1.807) is 32.1 Å². The van der Waals surface area contributed by atoms with Crippen molar-refractivity contribution < 1.29 is 4.79 Å². The van der Waals surface area contributed by atoms with Crippen molar-refractivity contribution in [2.24, 2.45) is 0 Å². The van der Waals surface area contributed by atoms with Crippen LogP contribution in [0.1, 0.15) is 10.4 Å². The van der Waals surface area contributed by atoms with Crippen LogP contribution in [0.25, 0.3) is 0 Å². The standard InChI is InChI=1S/C10H12Br2N2O/c1-13-9-7(10(15)14(2)3)4-6(11)5-8(9)12/h4-5,13H,1-3H3. The number of nitrogens with zero attached hydrogens (tertiary/aromatic N) is 1. The van der Waals surface area contributed by atoms with Gasteiger partial charge in [-0.25, -0.2) is 0 Å². The van der Waals surface area contributed by atoms with Crippen LogP contribution < -0.4 is 5.32 Å². The third-order valence-corrected chi connectivity index (χ3v) is 3.02. The summed E-state index contributed by atoms with van der Waals surface area (Å²) < 4.78 is 1.74. The maximum atomic E-state index is 11.9. The van der Waals surface area contributed by atoms with Gasteiger partial charge in [-0.2, -0.15) is 0 Å². The SMILES string of the molecule is CNc1c(Br)cc(Br)cc1C(=O)N(C)C. The molecule has 1 N–H and O–H groups in total. The number of hydrogen-bond acceptors (Lipinski definition) is 2. The zero-order valence-electron chi connectivity index (χ0n) is 8.77. The predicted molar refractivity (Wildman–Crippen MR) is 69.4 cm³/mol. The van der Waals surface area contributed by atoms with E-state index in [-0.39, 0.29) is 5.91 Å². The minimum absolute atomic E-state index is 0.0265. The molecule has 1 rings (SSSR count). The first-order chi connectivity index (χ1) is 6.97. The van der Waals surface area contributed by atoms with Crippen molar-refractivity contribution in [3.05, 3.63) is 26.6 Å². The van der Waals surface area contributed by atoms with Crippen molar-refractivity contribution in [3.8, 4) is 0 Å². The van der Waals surface area contributed by atoms with Gasteiger partial charge in [-0.1, -0.05) is 15.9 Å². The van der Waals surface area contributed by atoms with Gasteiger partial charge >= 0.3 is 0 Å². The monoisotopic (exact) mass is 334 g/mol. The Bertz CT molecular complexity index is 391. The number of halogens is 2. The molecule has 0 bridgehead atoms. The smallest absolute Gasteiger partial charge is 0.255 e. The fourth-order valence-electron chi connectivity index (χ4n) is 1.24. The van der Waals surface area contributed by atoms with Gasteiger partial charge in [-0.15, -0.1) is 0 Å². The summed E-state index contributed by atoms with van der Waals surface area (Å²) in [7, 11) is 5.26. The van der Waals surface area contributed by atoms with E-state index < -0.39 is 0 Å². The van der Waals surface area contributed by atoms with E-state index >= 15 is 0 Å². The Balaban J connectivity index is 3.32. The average molecular weight is 336 g/mol. The lowest BCUT2D eigenvalue weighted by atomic mass is 10.1. The number of anilines is 1. The van der Waals surface area contributed by atoms with E-state index in [1.165, 1.54) is 0 Å². The summed E-state index contributed by atoms with van der Waals surface area (Å²) in [6.07, 6.45) is 0. The Morgan fingerprint density at radius 2 is 1.93 bits per heavy atom. The molecule has 15 heavy (non-hydrogen) atoms. The summed E-state index contributed by atoms with van der Waals surface area (Å²) in [5, 5.41) is 3.01. The number of carbonyl (C=O) groups excluding carboxylic acids is 1. The highest BCUT2D eigenvalue weighted by atomic mass is 79.9. The third kappa shape index (κ3) is 2.72. The van der Waals surface area contributed by atoms with Crippen molar-refractivity contribution in [2.45, 2.75) is 0 Å². The molecule has 0 saturated heterocycles. The molecule has 0 aliphatic heterocycles. The Labute approximate surface area is 106 Å². The minimum atomic E-state index is -0.0265. The van der Waals surface area contributed by atoms with Crippen LogP contribution in [0.15, 0.2) is 21.1 Å². The number of hydrogen-bond donors (Lipinski definition) is 1. The van der Waals surface area contributed by atoms with Crippen LogP contribution in [-0.2, 0) is 0 Å². The molecule has 0 unspecified atom stereocenters. The van der Waals surface area contributed by atoms with Crippen LogP contribution in [0.2, 0.25) is 0 Å². The summed E-state index contributed by atoms with van der Waals surface area (Å²) in [6.45, 7) is 0. The number of carbonyl (C=O) groups is 1. The van der Waals surface area contributed by atoms with Crippen LogP contribution in [0, 0.1) is 0 Å². The van der Waals surface area contributed by atoms with Crippen molar-refractivity contribution >= 4 is 43.5 Å². The Kier molecular flexibility index (Phi) is 4.16. The van der Waals surface area contributed by atoms with Crippen molar-refractivity contribution in [2.75, 3.05) is 26.5 Å². The maximum absolute atomic E-state index is 11.9. The van der Waals surface area contributed by atoms with E-state index in [0.717, 1.165) is 14.6 Å². The van der Waals surface area contributed by atoms with Gasteiger partial charge in [0.05, 0.1) is 11.3 Å². The number of rotatable bonds is 2. The molecule has 3 nitrogen and oxygen atoms in total. The molecule has 1 aromatic carbocycles. The van der Waals surface area contributed by atoms with E-state index in [4.69, 9.17) is 0 Å². The van der Waals surface area contributed by atoms with Crippen molar-refractivity contribution in [1.82, 2.24) is 4.90 Å². The van der Waals surface area contributed by atoms with Gasteiger partial charge in [-0.3, -0.25) is 4.79 Å². The second-order valence-electron chi connectivity index (χ2n) is 3.26. The third-order valence-electron chi connectivity index (χ3n) is 1.94. The molecule has 0 fully saturated rings. The molecule has 5 heteroatoms. The summed E-state index contributed by atoms with van der Waals surface area (Å²) >= 11 is 6.78. The van der Waals surface area contributed by atoms with Crippen molar-refractivity contribution in [1.29, 1.82) is 0 Å². The van der Waals surface area contributed by atoms with Crippen LogP contribution in [0.3, 0.4) is 0 Å². The lowest BCUT2D eigenvalue weighted by Crippen LogP contribution is -2.22. The first-order valence-electron chi connectivity index (χ1n) is 4.35. The topological polar surface area (TPSA) is 32.3 Å². The largest absolute Gasteiger partial charge is 0.387 e. The molecule has 1 aromatic rings.